The standard InChI is InChI=1S/C20H22N4O5S2/c1-13(18(25)21-20-23-22-19(30-20)14-8-6-5-7-9-14)24(31(4,26)27)15-10-11-16(28-2)17(12-15)29-3/h5-13H,1-4H3,(H,21,23,25). The maximum Gasteiger partial charge on any atom is 0.249 e. The van der Waals surface area contributed by atoms with Crippen LogP contribution in [0.5, 0.6) is 11.5 Å². The van der Waals surface area contributed by atoms with Crippen molar-refractivity contribution >= 4 is 38.1 Å². The number of sulfonamides is 1. The van der Waals surface area contributed by atoms with Crippen LogP contribution in [0.4, 0.5) is 10.8 Å². The molecule has 1 heterocycles. The third-order valence-corrected chi connectivity index (χ3v) is 6.52. The molecule has 1 atom stereocenters. The first-order valence-electron chi connectivity index (χ1n) is 9.16. The van der Waals surface area contributed by atoms with Crippen molar-refractivity contribution < 1.29 is 22.7 Å². The van der Waals surface area contributed by atoms with Crippen LogP contribution in [0.15, 0.2) is 48.5 Å². The zero-order chi connectivity index (χ0) is 22.6. The highest BCUT2D eigenvalue weighted by Gasteiger charge is 2.30. The lowest BCUT2D eigenvalue weighted by Crippen LogP contribution is -2.45. The van der Waals surface area contributed by atoms with Gasteiger partial charge in [0.25, 0.3) is 0 Å². The molecule has 164 valence electrons. The fourth-order valence-corrected chi connectivity index (χ4v) is 4.87. The van der Waals surface area contributed by atoms with E-state index in [4.69, 9.17) is 9.47 Å². The molecule has 1 aromatic heterocycles. The molecule has 0 radical (unpaired) electrons. The fourth-order valence-electron chi connectivity index (χ4n) is 2.95. The molecule has 0 saturated heterocycles. The molecule has 1 unspecified atom stereocenters. The third-order valence-electron chi connectivity index (χ3n) is 4.39. The maximum absolute atomic E-state index is 12.9. The lowest BCUT2D eigenvalue weighted by atomic mass is 10.2. The fraction of sp³-hybridized carbons (Fsp3) is 0.250. The number of hydrogen-bond donors (Lipinski definition) is 1. The molecule has 0 aliphatic rings. The van der Waals surface area contributed by atoms with E-state index in [1.165, 1.54) is 38.5 Å². The van der Waals surface area contributed by atoms with Gasteiger partial charge in [0, 0.05) is 11.6 Å². The van der Waals surface area contributed by atoms with Gasteiger partial charge in [0.05, 0.1) is 26.2 Å². The quantitative estimate of drug-likeness (QED) is 0.548. The minimum absolute atomic E-state index is 0.269. The predicted octanol–water partition coefficient (Wildman–Crippen LogP) is 3.02. The largest absolute Gasteiger partial charge is 0.493 e. The summed E-state index contributed by atoms with van der Waals surface area (Å²) in [6.45, 7) is 1.49. The summed E-state index contributed by atoms with van der Waals surface area (Å²) in [5, 5.41) is 11.6. The molecule has 0 spiro atoms. The zero-order valence-corrected chi connectivity index (χ0v) is 19.0. The Morgan fingerprint density at radius 3 is 2.35 bits per heavy atom. The number of aromatic nitrogens is 2. The summed E-state index contributed by atoms with van der Waals surface area (Å²) in [6.07, 6.45) is 1.03. The highest BCUT2D eigenvalue weighted by molar-refractivity contribution is 7.92. The molecule has 11 heteroatoms. The Morgan fingerprint density at radius 2 is 1.74 bits per heavy atom. The maximum atomic E-state index is 12.9. The second-order valence-electron chi connectivity index (χ2n) is 6.54. The van der Waals surface area contributed by atoms with Gasteiger partial charge in [-0.1, -0.05) is 41.7 Å². The smallest absolute Gasteiger partial charge is 0.249 e. The molecule has 1 amide bonds. The first kappa shape index (κ1) is 22.5. The van der Waals surface area contributed by atoms with Crippen molar-refractivity contribution in [2.24, 2.45) is 0 Å². The average Bonchev–Trinajstić information content (AvgIpc) is 3.21. The van der Waals surface area contributed by atoms with Crippen LogP contribution in [0.1, 0.15) is 6.92 Å². The number of hydrogen-bond acceptors (Lipinski definition) is 8. The summed E-state index contributed by atoms with van der Waals surface area (Å²) < 4.78 is 36.5. The molecular weight excluding hydrogens is 440 g/mol. The van der Waals surface area contributed by atoms with Crippen molar-refractivity contribution in [3.05, 3.63) is 48.5 Å². The number of benzene rings is 2. The van der Waals surface area contributed by atoms with Gasteiger partial charge in [-0.25, -0.2) is 8.42 Å². The highest BCUT2D eigenvalue weighted by atomic mass is 32.2. The van der Waals surface area contributed by atoms with Crippen LogP contribution in [0.3, 0.4) is 0 Å². The van der Waals surface area contributed by atoms with Gasteiger partial charge in [-0.15, -0.1) is 10.2 Å². The predicted molar refractivity (Wildman–Crippen MR) is 120 cm³/mol. The molecule has 0 fully saturated rings. The number of carbonyl (C=O) groups is 1. The SMILES string of the molecule is COc1ccc(N(C(C)C(=O)Nc2nnc(-c3ccccc3)s2)S(C)(=O)=O)cc1OC. The third kappa shape index (κ3) is 5.12. The monoisotopic (exact) mass is 462 g/mol. The van der Waals surface area contributed by atoms with E-state index in [2.05, 4.69) is 15.5 Å². The van der Waals surface area contributed by atoms with Crippen LogP contribution < -0.4 is 19.1 Å². The summed E-state index contributed by atoms with van der Waals surface area (Å²) in [5.74, 6) is 0.243. The summed E-state index contributed by atoms with van der Waals surface area (Å²) in [6, 6.07) is 13.0. The Kier molecular flexibility index (Phi) is 6.76. The number of ether oxygens (including phenoxy) is 2. The summed E-state index contributed by atoms with van der Waals surface area (Å²) in [7, 11) is -0.867. The molecule has 3 rings (SSSR count). The number of nitrogens with zero attached hydrogens (tertiary/aromatic N) is 3. The van der Waals surface area contributed by atoms with Gasteiger partial charge in [-0.2, -0.15) is 0 Å². The van der Waals surface area contributed by atoms with Crippen molar-refractivity contribution in [3.8, 4) is 22.1 Å². The lowest BCUT2D eigenvalue weighted by molar-refractivity contribution is -0.116. The van der Waals surface area contributed by atoms with E-state index in [9.17, 15) is 13.2 Å². The van der Waals surface area contributed by atoms with Crippen molar-refractivity contribution in [2.75, 3.05) is 30.1 Å². The second-order valence-corrected chi connectivity index (χ2v) is 9.38. The van der Waals surface area contributed by atoms with Crippen LogP contribution >= 0.6 is 11.3 Å². The van der Waals surface area contributed by atoms with Crippen molar-refractivity contribution in [2.45, 2.75) is 13.0 Å². The van der Waals surface area contributed by atoms with E-state index in [1.54, 1.807) is 12.1 Å². The van der Waals surface area contributed by atoms with Gasteiger partial charge in [0.1, 0.15) is 11.0 Å². The molecule has 0 aliphatic carbocycles. The molecular formula is C20H22N4O5S2. The number of amides is 1. The average molecular weight is 463 g/mol. The Balaban J connectivity index is 1.85. The molecule has 2 aromatic carbocycles. The Morgan fingerprint density at radius 1 is 1.06 bits per heavy atom. The summed E-state index contributed by atoms with van der Waals surface area (Å²) >= 11 is 1.20. The minimum Gasteiger partial charge on any atom is -0.493 e. The molecule has 0 aliphatic heterocycles. The van der Waals surface area contributed by atoms with Gasteiger partial charge >= 0.3 is 0 Å². The number of carbonyl (C=O) groups excluding carboxylic acids is 1. The van der Waals surface area contributed by atoms with Gasteiger partial charge in [-0.05, 0) is 19.1 Å². The number of methoxy groups -OCH3 is 2. The van der Waals surface area contributed by atoms with Gasteiger partial charge in [0.2, 0.25) is 21.1 Å². The minimum atomic E-state index is -3.79. The number of nitrogens with one attached hydrogen (secondary N) is 1. The van der Waals surface area contributed by atoms with E-state index < -0.39 is 22.0 Å². The van der Waals surface area contributed by atoms with Crippen molar-refractivity contribution in [1.29, 1.82) is 0 Å². The van der Waals surface area contributed by atoms with Gasteiger partial charge < -0.3 is 9.47 Å². The Labute approximate surface area is 184 Å². The first-order valence-corrected chi connectivity index (χ1v) is 11.8. The van der Waals surface area contributed by atoms with Gasteiger partial charge in [-0.3, -0.25) is 14.4 Å². The second kappa shape index (κ2) is 9.31. The van der Waals surface area contributed by atoms with Crippen molar-refractivity contribution in [1.82, 2.24) is 10.2 Å². The zero-order valence-electron chi connectivity index (χ0n) is 17.4. The van der Waals surface area contributed by atoms with Gasteiger partial charge in [0.15, 0.2) is 11.5 Å². The van der Waals surface area contributed by atoms with Crippen LogP contribution in [-0.2, 0) is 14.8 Å². The van der Waals surface area contributed by atoms with E-state index in [0.29, 0.717) is 16.5 Å². The molecule has 0 saturated carbocycles. The molecule has 0 bridgehead atoms. The molecule has 9 nitrogen and oxygen atoms in total. The number of anilines is 2. The first-order chi connectivity index (χ1) is 14.7. The number of rotatable bonds is 8. The van der Waals surface area contributed by atoms with E-state index >= 15 is 0 Å². The van der Waals surface area contributed by atoms with E-state index in [0.717, 1.165) is 16.1 Å². The van der Waals surface area contributed by atoms with E-state index in [-0.39, 0.29) is 10.8 Å². The Hall–Kier alpha value is -3.18. The molecule has 1 N–H and O–H groups in total. The Bertz CT molecular complexity index is 1170. The van der Waals surface area contributed by atoms with Crippen LogP contribution in [-0.4, -0.2) is 51.0 Å². The molecule has 31 heavy (non-hydrogen) atoms. The van der Waals surface area contributed by atoms with Crippen LogP contribution in [0.25, 0.3) is 10.6 Å². The molecule has 3 aromatic rings. The van der Waals surface area contributed by atoms with Crippen LogP contribution in [0.2, 0.25) is 0 Å². The highest BCUT2D eigenvalue weighted by Crippen LogP contribution is 2.33. The summed E-state index contributed by atoms with van der Waals surface area (Å²) in [4.78, 5) is 12.9. The van der Waals surface area contributed by atoms with E-state index in [1.807, 2.05) is 30.3 Å². The summed E-state index contributed by atoms with van der Waals surface area (Å²) in [5.41, 5.74) is 1.14. The normalized spacial score (nSPS) is 12.1. The topological polar surface area (TPSA) is 111 Å². The van der Waals surface area contributed by atoms with Crippen LogP contribution in [0, 0.1) is 0 Å². The lowest BCUT2D eigenvalue weighted by Gasteiger charge is -2.28. The van der Waals surface area contributed by atoms with Crippen molar-refractivity contribution in [3.63, 3.8) is 0 Å².